The summed E-state index contributed by atoms with van der Waals surface area (Å²) >= 11 is 1.72. The normalized spacial score (nSPS) is 17.6. The van der Waals surface area contributed by atoms with Gasteiger partial charge in [-0.25, -0.2) is 4.98 Å². The zero-order chi connectivity index (χ0) is 14.2. The Bertz CT molecular complexity index is 758. The van der Waals surface area contributed by atoms with Gasteiger partial charge in [0.1, 0.15) is 0 Å². The van der Waals surface area contributed by atoms with Crippen molar-refractivity contribution in [3.63, 3.8) is 0 Å². The van der Waals surface area contributed by atoms with E-state index in [0.29, 0.717) is 6.04 Å². The molecule has 2 heterocycles. The van der Waals surface area contributed by atoms with Gasteiger partial charge in [0.05, 0.1) is 24.3 Å². The van der Waals surface area contributed by atoms with E-state index in [1.807, 2.05) is 18.6 Å². The van der Waals surface area contributed by atoms with Crippen molar-refractivity contribution in [1.82, 2.24) is 9.55 Å². The molecule has 21 heavy (non-hydrogen) atoms. The van der Waals surface area contributed by atoms with Crippen molar-refractivity contribution in [2.45, 2.75) is 25.3 Å². The molecule has 4 heteroatoms. The van der Waals surface area contributed by atoms with Gasteiger partial charge in [-0.15, -0.1) is 0 Å². The first-order valence-corrected chi connectivity index (χ1v) is 8.20. The van der Waals surface area contributed by atoms with Gasteiger partial charge < -0.3 is 10.3 Å². The molecule has 0 radical (unpaired) electrons. The molecule has 1 aliphatic rings. The highest BCUT2D eigenvalue weighted by molar-refractivity contribution is 7.08. The maximum atomic E-state index is 5.94. The van der Waals surface area contributed by atoms with Crippen molar-refractivity contribution < 1.29 is 0 Å². The number of fused-ring (bicyclic) bond motifs is 1. The van der Waals surface area contributed by atoms with Crippen LogP contribution in [0.3, 0.4) is 0 Å². The molecule has 1 atom stereocenters. The smallest absolute Gasteiger partial charge is 0.0956 e. The molecule has 0 fully saturated rings. The van der Waals surface area contributed by atoms with Crippen LogP contribution in [0, 0.1) is 0 Å². The van der Waals surface area contributed by atoms with E-state index in [2.05, 4.69) is 38.5 Å². The number of nitrogen functional groups attached to an aromatic ring is 1. The highest BCUT2D eigenvalue weighted by Gasteiger charge is 2.23. The number of rotatable bonds is 2. The van der Waals surface area contributed by atoms with Crippen molar-refractivity contribution in [3.05, 3.63) is 58.7 Å². The number of anilines is 1. The molecule has 1 aromatic carbocycles. The third-order valence-electron chi connectivity index (χ3n) is 4.27. The lowest BCUT2D eigenvalue weighted by Gasteiger charge is -2.28. The molecule has 1 aliphatic carbocycles. The molecule has 0 saturated carbocycles. The van der Waals surface area contributed by atoms with Gasteiger partial charge in [0.25, 0.3) is 0 Å². The molecule has 106 valence electrons. The van der Waals surface area contributed by atoms with Gasteiger partial charge in [-0.3, -0.25) is 0 Å². The van der Waals surface area contributed by atoms with Crippen LogP contribution in [0.2, 0.25) is 0 Å². The molecule has 4 rings (SSSR count). The van der Waals surface area contributed by atoms with Crippen LogP contribution < -0.4 is 5.73 Å². The fourth-order valence-corrected chi connectivity index (χ4v) is 3.93. The Morgan fingerprint density at radius 1 is 1.29 bits per heavy atom. The summed E-state index contributed by atoms with van der Waals surface area (Å²) in [6.45, 7) is 0. The lowest BCUT2D eigenvalue weighted by atomic mass is 9.87. The van der Waals surface area contributed by atoms with Crippen LogP contribution in [0.1, 0.15) is 30.0 Å². The second-order valence-electron chi connectivity index (χ2n) is 5.56. The van der Waals surface area contributed by atoms with E-state index in [-0.39, 0.29) is 0 Å². The molecule has 0 spiro atoms. The van der Waals surface area contributed by atoms with E-state index < -0.39 is 0 Å². The van der Waals surface area contributed by atoms with Gasteiger partial charge in [-0.2, -0.15) is 11.3 Å². The number of nitrogens with zero attached hydrogens (tertiary/aromatic N) is 2. The molecule has 1 unspecified atom stereocenters. The Kier molecular flexibility index (Phi) is 3.04. The summed E-state index contributed by atoms with van der Waals surface area (Å²) in [5.41, 5.74) is 12.0. The first kappa shape index (κ1) is 12.7. The molecule has 0 bridgehead atoms. The Morgan fingerprint density at radius 2 is 2.24 bits per heavy atom. The van der Waals surface area contributed by atoms with Crippen LogP contribution in [0.25, 0.3) is 11.3 Å². The van der Waals surface area contributed by atoms with Crippen LogP contribution in [0.15, 0.2) is 47.5 Å². The number of imidazole rings is 1. The summed E-state index contributed by atoms with van der Waals surface area (Å²) < 4.78 is 2.32. The highest BCUT2D eigenvalue weighted by atomic mass is 32.1. The summed E-state index contributed by atoms with van der Waals surface area (Å²) in [5, 5.41) is 4.29. The maximum absolute atomic E-state index is 5.94. The number of thiophene rings is 1. The summed E-state index contributed by atoms with van der Waals surface area (Å²) in [6.07, 6.45) is 7.41. The second-order valence-corrected chi connectivity index (χ2v) is 6.34. The Hall–Kier alpha value is -2.07. The van der Waals surface area contributed by atoms with Crippen molar-refractivity contribution >= 4 is 17.0 Å². The number of benzene rings is 1. The zero-order valence-corrected chi connectivity index (χ0v) is 12.5. The van der Waals surface area contributed by atoms with E-state index in [4.69, 9.17) is 5.73 Å². The van der Waals surface area contributed by atoms with Crippen molar-refractivity contribution in [2.75, 3.05) is 5.73 Å². The summed E-state index contributed by atoms with van der Waals surface area (Å²) in [4.78, 5) is 4.39. The van der Waals surface area contributed by atoms with Crippen molar-refractivity contribution in [1.29, 1.82) is 0 Å². The number of aromatic nitrogens is 2. The van der Waals surface area contributed by atoms with Crippen molar-refractivity contribution in [3.8, 4) is 11.3 Å². The molecule has 2 N–H and O–H groups in total. The van der Waals surface area contributed by atoms with Crippen LogP contribution in [-0.2, 0) is 6.42 Å². The van der Waals surface area contributed by atoms with E-state index in [9.17, 15) is 0 Å². The zero-order valence-electron chi connectivity index (χ0n) is 11.7. The van der Waals surface area contributed by atoms with E-state index in [1.165, 1.54) is 28.8 Å². The molecular formula is C17H17N3S. The molecule has 3 aromatic rings. The van der Waals surface area contributed by atoms with E-state index in [0.717, 1.165) is 18.5 Å². The molecule has 2 aromatic heterocycles. The molecule has 0 saturated heterocycles. The molecular weight excluding hydrogens is 278 g/mol. The van der Waals surface area contributed by atoms with Gasteiger partial charge in [0, 0.05) is 16.6 Å². The van der Waals surface area contributed by atoms with E-state index >= 15 is 0 Å². The highest BCUT2D eigenvalue weighted by Crippen LogP contribution is 2.36. The van der Waals surface area contributed by atoms with Gasteiger partial charge in [0.15, 0.2) is 0 Å². The third-order valence-corrected chi connectivity index (χ3v) is 4.95. The van der Waals surface area contributed by atoms with Crippen LogP contribution >= 0.6 is 11.3 Å². The fraction of sp³-hybridized carbons (Fsp3) is 0.235. The Labute approximate surface area is 128 Å². The maximum Gasteiger partial charge on any atom is 0.0956 e. The number of hydrogen-bond acceptors (Lipinski definition) is 3. The predicted molar refractivity (Wildman–Crippen MR) is 87.5 cm³/mol. The summed E-state index contributed by atoms with van der Waals surface area (Å²) in [6, 6.07) is 8.85. The van der Waals surface area contributed by atoms with E-state index in [1.54, 1.807) is 11.3 Å². The minimum atomic E-state index is 0.367. The minimum absolute atomic E-state index is 0.367. The van der Waals surface area contributed by atoms with Crippen LogP contribution in [0.4, 0.5) is 5.69 Å². The molecule has 0 aliphatic heterocycles. The average Bonchev–Trinajstić information content (AvgIpc) is 3.17. The Balaban J connectivity index is 1.81. The standard InChI is InChI=1S/C17H17N3S/c18-14-4-5-15-12(8-14)2-1-3-16(15)20-11-19-9-17(20)13-6-7-21-10-13/h4-11,16H,1-3,18H2. The minimum Gasteiger partial charge on any atom is -0.399 e. The number of aryl methyl sites for hydroxylation is 1. The van der Waals surface area contributed by atoms with Gasteiger partial charge in [0.2, 0.25) is 0 Å². The topological polar surface area (TPSA) is 43.8 Å². The summed E-state index contributed by atoms with van der Waals surface area (Å²) in [7, 11) is 0. The summed E-state index contributed by atoms with van der Waals surface area (Å²) in [5.74, 6) is 0. The second kappa shape index (κ2) is 5.04. The SMILES string of the molecule is Nc1ccc2c(c1)CCCC2n1cncc1-c1ccsc1. The lowest BCUT2D eigenvalue weighted by molar-refractivity contribution is 0.493. The lowest BCUT2D eigenvalue weighted by Crippen LogP contribution is -2.17. The largest absolute Gasteiger partial charge is 0.399 e. The van der Waals surface area contributed by atoms with Crippen LogP contribution in [0.5, 0.6) is 0 Å². The fourth-order valence-electron chi connectivity index (χ4n) is 3.28. The third kappa shape index (κ3) is 2.16. The Morgan fingerprint density at radius 3 is 3.10 bits per heavy atom. The van der Waals surface area contributed by atoms with Crippen LogP contribution in [-0.4, -0.2) is 9.55 Å². The molecule has 3 nitrogen and oxygen atoms in total. The quantitative estimate of drug-likeness (QED) is 0.723. The average molecular weight is 295 g/mol. The van der Waals surface area contributed by atoms with Gasteiger partial charge in [-0.05, 0) is 54.0 Å². The van der Waals surface area contributed by atoms with Gasteiger partial charge in [-0.1, -0.05) is 6.07 Å². The van der Waals surface area contributed by atoms with Gasteiger partial charge >= 0.3 is 0 Å². The number of nitrogens with two attached hydrogens (primary N) is 1. The first-order chi connectivity index (χ1) is 10.3. The molecule has 0 amide bonds. The predicted octanol–water partition coefficient (Wildman–Crippen LogP) is 4.12. The van der Waals surface area contributed by atoms with Crippen molar-refractivity contribution in [2.24, 2.45) is 0 Å². The number of hydrogen-bond donors (Lipinski definition) is 1. The first-order valence-electron chi connectivity index (χ1n) is 7.25. The monoisotopic (exact) mass is 295 g/mol.